The summed E-state index contributed by atoms with van der Waals surface area (Å²) in [6.45, 7) is 3.07. The van der Waals surface area contributed by atoms with Gasteiger partial charge in [0.05, 0.1) is 18.0 Å². The second kappa shape index (κ2) is 5.64. The Hall–Kier alpha value is -1.88. The van der Waals surface area contributed by atoms with Crippen molar-refractivity contribution in [2.45, 2.75) is 19.9 Å². The zero-order valence-corrected chi connectivity index (χ0v) is 10.8. The smallest absolute Gasteiger partial charge is 0.119 e. The molecule has 0 spiro atoms. The molecule has 0 saturated carbocycles. The Morgan fingerprint density at radius 1 is 1.28 bits per heavy atom. The van der Waals surface area contributed by atoms with Crippen LogP contribution in [-0.4, -0.2) is 21.6 Å². The Balaban J connectivity index is 2.15. The van der Waals surface area contributed by atoms with Gasteiger partial charge in [-0.2, -0.15) is 0 Å². The van der Waals surface area contributed by atoms with E-state index in [1.54, 1.807) is 4.68 Å². The van der Waals surface area contributed by atoms with Gasteiger partial charge in [0, 0.05) is 20.0 Å². The fraction of sp³-hybridized carbons (Fsp3) is 0.385. The van der Waals surface area contributed by atoms with Gasteiger partial charge in [0.1, 0.15) is 5.75 Å². The van der Waals surface area contributed by atoms with Crippen LogP contribution in [0.25, 0.3) is 0 Å². The molecule has 0 saturated heterocycles. The Labute approximate surface area is 107 Å². The number of nitrogens with two attached hydrogens (primary N) is 1. The second-order valence-electron chi connectivity index (χ2n) is 4.06. The van der Waals surface area contributed by atoms with Crippen molar-refractivity contribution in [3.63, 3.8) is 0 Å². The summed E-state index contributed by atoms with van der Waals surface area (Å²) in [5.74, 6) is 0.892. The maximum atomic E-state index is 5.65. The highest BCUT2D eigenvalue weighted by Crippen LogP contribution is 2.16. The van der Waals surface area contributed by atoms with E-state index in [-0.39, 0.29) is 0 Å². The highest BCUT2D eigenvalue weighted by Gasteiger charge is 2.09. The van der Waals surface area contributed by atoms with Gasteiger partial charge in [0.15, 0.2) is 0 Å². The minimum Gasteiger partial charge on any atom is -0.494 e. The molecular formula is C13H18N4O. The van der Waals surface area contributed by atoms with Crippen LogP contribution < -0.4 is 10.5 Å². The molecule has 1 heterocycles. The quantitative estimate of drug-likeness (QED) is 0.862. The largest absolute Gasteiger partial charge is 0.494 e. The zero-order valence-electron chi connectivity index (χ0n) is 10.8. The normalized spacial score (nSPS) is 10.6. The summed E-state index contributed by atoms with van der Waals surface area (Å²) < 4.78 is 7.19. The molecule has 0 atom stereocenters. The van der Waals surface area contributed by atoms with Crippen molar-refractivity contribution in [3.05, 3.63) is 41.2 Å². The minimum atomic E-state index is 0.417. The third kappa shape index (κ3) is 2.68. The van der Waals surface area contributed by atoms with E-state index in [1.807, 2.05) is 26.1 Å². The van der Waals surface area contributed by atoms with E-state index in [2.05, 4.69) is 22.4 Å². The summed E-state index contributed by atoms with van der Waals surface area (Å²) in [4.78, 5) is 0. The molecular weight excluding hydrogens is 228 g/mol. The first-order valence-corrected chi connectivity index (χ1v) is 6.03. The molecule has 0 fully saturated rings. The molecule has 5 heteroatoms. The van der Waals surface area contributed by atoms with Gasteiger partial charge >= 0.3 is 0 Å². The molecule has 2 aromatic rings. The minimum absolute atomic E-state index is 0.417. The van der Waals surface area contributed by atoms with Gasteiger partial charge in [-0.15, -0.1) is 5.10 Å². The molecule has 1 aromatic carbocycles. The van der Waals surface area contributed by atoms with Gasteiger partial charge in [-0.1, -0.05) is 17.3 Å². The van der Waals surface area contributed by atoms with Gasteiger partial charge in [-0.3, -0.25) is 4.68 Å². The molecule has 2 N–H and O–H groups in total. The lowest BCUT2D eigenvalue weighted by atomic mass is 10.1. The molecule has 0 aliphatic carbocycles. The number of hydrogen-bond acceptors (Lipinski definition) is 4. The van der Waals surface area contributed by atoms with Crippen LogP contribution in [0.5, 0.6) is 5.75 Å². The predicted molar refractivity (Wildman–Crippen MR) is 69.3 cm³/mol. The van der Waals surface area contributed by atoms with E-state index in [4.69, 9.17) is 10.5 Å². The molecule has 1 aromatic heterocycles. The van der Waals surface area contributed by atoms with Crippen LogP contribution in [0.2, 0.25) is 0 Å². The number of nitrogens with zero attached hydrogens (tertiary/aromatic N) is 3. The number of aryl methyl sites for hydroxylation is 1. The number of aromatic nitrogens is 3. The molecule has 18 heavy (non-hydrogen) atoms. The highest BCUT2D eigenvalue weighted by atomic mass is 16.5. The average molecular weight is 246 g/mol. The van der Waals surface area contributed by atoms with Gasteiger partial charge in [0.2, 0.25) is 0 Å². The van der Waals surface area contributed by atoms with Crippen molar-refractivity contribution >= 4 is 0 Å². The van der Waals surface area contributed by atoms with Crippen LogP contribution in [0.15, 0.2) is 24.3 Å². The first-order valence-electron chi connectivity index (χ1n) is 6.03. The number of hydrogen-bond donors (Lipinski definition) is 1. The first-order chi connectivity index (χ1) is 8.74. The van der Waals surface area contributed by atoms with Crippen LogP contribution in [-0.2, 0) is 20.0 Å². The average Bonchev–Trinajstić information content (AvgIpc) is 2.73. The molecule has 5 nitrogen and oxygen atoms in total. The fourth-order valence-electron chi connectivity index (χ4n) is 1.86. The second-order valence-corrected chi connectivity index (χ2v) is 4.06. The number of rotatable bonds is 5. The van der Waals surface area contributed by atoms with E-state index in [1.165, 1.54) is 5.56 Å². The maximum Gasteiger partial charge on any atom is 0.119 e. The Kier molecular flexibility index (Phi) is 3.94. The summed E-state index contributed by atoms with van der Waals surface area (Å²) >= 11 is 0. The monoisotopic (exact) mass is 246 g/mol. The Bertz CT molecular complexity index is 504. The van der Waals surface area contributed by atoms with Gasteiger partial charge in [0.25, 0.3) is 0 Å². The van der Waals surface area contributed by atoms with E-state index < -0.39 is 0 Å². The van der Waals surface area contributed by atoms with Crippen LogP contribution in [0.4, 0.5) is 0 Å². The van der Waals surface area contributed by atoms with Gasteiger partial charge in [-0.25, -0.2) is 0 Å². The molecule has 0 unspecified atom stereocenters. The number of benzene rings is 1. The van der Waals surface area contributed by atoms with Crippen molar-refractivity contribution < 1.29 is 4.74 Å². The topological polar surface area (TPSA) is 66.0 Å². The lowest BCUT2D eigenvalue weighted by Gasteiger charge is -2.06. The molecule has 0 aliphatic heterocycles. The van der Waals surface area contributed by atoms with E-state index in [0.29, 0.717) is 13.2 Å². The van der Waals surface area contributed by atoms with Gasteiger partial charge < -0.3 is 10.5 Å². The van der Waals surface area contributed by atoms with E-state index in [9.17, 15) is 0 Å². The van der Waals surface area contributed by atoms with Crippen molar-refractivity contribution in [2.24, 2.45) is 12.8 Å². The molecule has 0 amide bonds. The third-order valence-electron chi connectivity index (χ3n) is 2.82. The lowest BCUT2D eigenvalue weighted by Crippen LogP contribution is -2.05. The fourth-order valence-corrected chi connectivity index (χ4v) is 1.86. The van der Waals surface area contributed by atoms with Crippen molar-refractivity contribution in [3.8, 4) is 5.75 Å². The van der Waals surface area contributed by atoms with Crippen LogP contribution in [0.3, 0.4) is 0 Å². The lowest BCUT2D eigenvalue weighted by molar-refractivity contribution is 0.340. The summed E-state index contributed by atoms with van der Waals surface area (Å²) in [5.41, 5.74) is 8.75. The van der Waals surface area contributed by atoms with Crippen LogP contribution >= 0.6 is 0 Å². The zero-order chi connectivity index (χ0) is 13.0. The van der Waals surface area contributed by atoms with Crippen LogP contribution in [0.1, 0.15) is 23.9 Å². The van der Waals surface area contributed by atoms with Crippen molar-refractivity contribution in [1.82, 2.24) is 15.0 Å². The van der Waals surface area contributed by atoms with Gasteiger partial charge in [-0.05, 0) is 24.6 Å². The highest BCUT2D eigenvalue weighted by molar-refractivity contribution is 5.30. The van der Waals surface area contributed by atoms with Crippen molar-refractivity contribution in [2.75, 3.05) is 6.61 Å². The maximum absolute atomic E-state index is 5.65. The Morgan fingerprint density at radius 2 is 2.00 bits per heavy atom. The molecule has 96 valence electrons. The summed E-state index contributed by atoms with van der Waals surface area (Å²) in [6.07, 6.45) is 0.780. The SMILES string of the molecule is CCOc1ccc(Cc2c(CN)nnn2C)cc1. The molecule has 0 bridgehead atoms. The molecule has 2 rings (SSSR count). The summed E-state index contributed by atoms with van der Waals surface area (Å²) in [5, 5.41) is 8.03. The standard InChI is InChI=1S/C13H18N4O/c1-3-18-11-6-4-10(5-7-11)8-13-12(9-14)15-16-17(13)2/h4-7H,3,8-9,14H2,1-2H3. The first kappa shape index (κ1) is 12.6. The Morgan fingerprint density at radius 3 is 2.61 bits per heavy atom. The van der Waals surface area contributed by atoms with E-state index >= 15 is 0 Å². The predicted octanol–water partition coefficient (Wildman–Crippen LogP) is 1.26. The summed E-state index contributed by atoms with van der Waals surface area (Å²) in [6, 6.07) is 8.06. The third-order valence-corrected chi connectivity index (χ3v) is 2.82. The summed E-state index contributed by atoms with van der Waals surface area (Å²) in [7, 11) is 1.88. The van der Waals surface area contributed by atoms with Crippen LogP contribution in [0, 0.1) is 0 Å². The molecule has 0 aliphatic rings. The van der Waals surface area contributed by atoms with Crippen molar-refractivity contribution in [1.29, 1.82) is 0 Å². The van der Waals surface area contributed by atoms with E-state index in [0.717, 1.165) is 23.6 Å². The molecule has 0 radical (unpaired) electrons. The number of ether oxygens (including phenoxy) is 1.